The lowest BCUT2D eigenvalue weighted by atomic mass is 9.81. The van der Waals surface area contributed by atoms with Gasteiger partial charge in [0.15, 0.2) is 0 Å². The van der Waals surface area contributed by atoms with Crippen LogP contribution in [0.1, 0.15) is 39.2 Å². The number of hydrogen-bond acceptors (Lipinski definition) is 3. The van der Waals surface area contributed by atoms with Gasteiger partial charge in [-0.05, 0) is 56.0 Å². The molecule has 0 fully saturated rings. The molecule has 0 spiro atoms. The number of rotatable bonds is 10. The summed E-state index contributed by atoms with van der Waals surface area (Å²) in [5.41, 5.74) is 1.78. The molecule has 0 amide bonds. The van der Waals surface area contributed by atoms with Crippen LogP contribution < -0.4 is 5.32 Å². The molecule has 0 aliphatic heterocycles. The summed E-state index contributed by atoms with van der Waals surface area (Å²) in [7, 11) is 2.24. The van der Waals surface area contributed by atoms with Crippen molar-refractivity contribution in [2.75, 3.05) is 33.2 Å². The fourth-order valence-electron chi connectivity index (χ4n) is 2.69. The molecule has 0 aromatic carbocycles. The second-order valence-electron chi connectivity index (χ2n) is 5.83. The molecular weight excluding hydrogens is 246 g/mol. The van der Waals surface area contributed by atoms with Gasteiger partial charge in [0, 0.05) is 32.0 Å². The standard InChI is InChI=1S/C17H31N3/c1-5-17(6-2,14-18-7-3)15-20(4)13-10-16-8-11-19-12-9-16/h8-9,11-12,18H,5-7,10,13-15H2,1-4H3. The Morgan fingerprint density at radius 3 is 2.35 bits per heavy atom. The van der Waals surface area contributed by atoms with E-state index in [4.69, 9.17) is 0 Å². The SMILES string of the molecule is CCNCC(CC)(CC)CN(C)CCc1ccncc1. The summed E-state index contributed by atoms with van der Waals surface area (Å²) in [6.07, 6.45) is 7.32. The van der Waals surface area contributed by atoms with Crippen molar-refractivity contribution in [3.05, 3.63) is 30.1 Å². The minimum absolute atomic E-state index is 0.406. The van der Waals surface area contributed by atoms with Gasteiger partial charge in [-0.3, -0.25) is 4.98 Å². The van der Waals surface area contributed by atoms with Crippen LogP contribution in [0.3, 0.4) is 0 Å². The first-order chi connectivity index (χ1) is 9.65. The molecule has 0 saturated carbocycles. The van der Waals surface area contributed by atoms with Crippen molar-refractivity contribution in [1.29, 1.82) is 0 Å². The molecule has 0 aliphatic carbocycles. The third-order valence-corrected chi connectivity index (χ3v) is 4.39. The van der Waals surface area contributed by atoms with Crippen LogP contribution >= 0.6 is 0 Å². The van der Waals surface area contributed by atoms with Crippen LogP contribution in [-0.2, 0) is 6.42 Å². The van der Waals surface area contributed by atoms with E-state index in [1.807, 2.05) is 12.4 Å². The number of likely N-dealkylation sites (N-methyl/N-ethyl adjacent to an activating group) is 1. The summed E-state index contributed by atoms with van der Waals surface area (Å²) < 4.78 is 0. The number of aromatic nitrogens is 1. The fraction of sp³-hybridized carbons (Fsp3) is 0.706. The second kappa shape index (κ2) is 9.09. The van der Waals surface area contributed by atoms with Crippen LogP contribution in [0, 0.1) is 5.41 Å². The predicted octanol–water partition coefficient (Wildman–Crippen LogP) is 2.97. The average Bonchev–Trinajstić information content (AvgIpc) is 2.50. The van der Waals surface area contributed by atoms with Crippen LogP contribution in [0.2, 0.25) is 0 Å². The summed E-state index contributed by atoms with van der Waals surface area (Å²) in [6.45, 7) is 11.3. The smallest absolute Gasteiger partial charge is 0.0270 e. The van der Waals surface area contributed by atoms with Gasteiger partial charge in [0.1, 0.15) is 0 Å². The zero-order chi connectivity index (χ0) is 14.8. The van der Waals surface area contributed by atoms with E-state index in [1.54, 1.807) is 0 Å². The molecular formula is C17H31N3. The molecule has 0 saturated heterocycles. The number of nitrogens with one attached hydrogen (secondary N) is 1. The summed E-state index contributed by atoms with van der Waals surface area (Å²) >= 11 is 0. The van der Waals surface area contributed by atoms with Gasteiger partial charge in [0.05, 0.1) is 0 Å². The quantitative estimate of drug-likeness (QED) is 0.712. The molecule has 3 nitrogen and oxygen atoms in total. The van der Waals surface area contributed by atoms with E-state index in [-0.39, 0.29) is 0 Å². The van der Waals surface area contributed by atoms with E-state index in [9.17, 15) is 0 Å². The first kappa shape index (κ1) is 17.1. The van der Waals surface area contributed by atoms with Gasteiger partial charge in [-0.25, -0.2) is 0 Å². The lowest BCUT2D eigenvalue weighted by Crippen LogP contribution is -2.42. The first-order valence-electron chi connectivity index (χ1n) is 7.94. The topological polar surface area (TPSA) is 28.2 Å². The average molecular weight is 277 g/mol. The van der Waals surface area contributed by atoms with Gasteiger partial charge in [-0.15, -0.1) is 0 Å². The molecule has 0 atom stereocenters. The lowest BCUT2D eigenvalue weighted by molar-refractivity contribution is 0.157. The van der Waals surface area contributed by atoms with Gasteiger partial charge in [0.2, 0.25) is 0 Å². The number of hydrogen-bond donors (Lipinski definition) is 1. The zero-order valence-corrected chi connectivity index (χ0v) is 13.7. The van der Waals surface area contributed by atoms with Gasteiger partial charge < -0.3 is 10.2 Å². The maximum absolute atomic E-state index is 4.07. The molecule has 3 heteroatoms. The molecule has 20 heavy (non-hydrogen) atoms. The molecule has 1 N–H and O–H groups in total. The molecule has 0 unspecified atom stereocenters. The maximum atomic E-state index is 4.07. The number of pyridine rings is 1. The van der Waals surface area contributed by atoms with Crippen LogP contribution in [0.25, 0.3) is 0 Å². The van der Waals surface area contributed by atoms with Crippen molar-refractivity contribution >= 4 is 0 Å². The zero-order valence-electron chi connectivity index (χ0n) is 13.7. The highest BCUT2D eigenvalue weighted by Gasteiger charge is 2.26. The molecule has 114 valence electrons. The van der Waals surface area contributed by atoms with Gasteiger partial charge in [-0.2, -0.15) is 0 Å². The fourth-order valence-corrected chi connectivity index (χ4v) is 2.69. The van der Waals surface area contributed by atoms with Crippen molar-refractivity contribution in [2.45, 2.75) is 40.0 Å². The van der Waals surface area contributed by atoms with E-state index in [2.05, 4.69) is 55.2 Å². The minimum Gasteiger partial charge on any atom is -0.316 e. The van der Waals surface area contributed by atoms with Gasteiger partial charge in [-0.1, -0.05) is 20.8 Å². The molecule has 1 heterocycles. The first-order valence-corrected chi connectivity index (χ1v) is 7.94. The van der Waals surface area contributed by atoms with E-state index >= 15 is 0 Å². The molecule has 0 aliphatic rings. The highest BCUT2D eigenvalue weighted by Crippen LogP contribution is 2.26. The second-order valence-corrected chi connectivity index (χ2v) is 5.83. The van der Waals surface area contributed by atoms with Crippen molar-refractivity contribution in [2.24, 2.45) is 5.41 Å². The van der Waals surface area contributed by atoms with Gasteiger partial charge in [0.25, 0.3) is 0 Å². The highest BCUT2D eigenvalue weighted by molar-refractivity contribution is 5.09. The van der Waals surface area contributed by atoms with Crippen LogP contribution in [-0.4, -0.2) is 43.1 Å². The van der Waals surface area contributed by atoms with Crippen molar-refractivity contribution in [1.82, 2.24) is 15.2 Å². The molecule has 1 aromatic rings. The van der Waals surface area contributed by atoms with E-state index in [0.717, 1.165) is 32.6 Å². The third kappa shape index (κ3) is 5.59. The largest absolute Gasteiger partial charge is 0.316 e. The highest BCUT2D eigenvalue weighted by atomic mass is 15.1. The Morgan fingerprint density at radius 2 is 1.80 bits per heavy atom. The Morgan fingerprint density at radius 1 is 1.15 bits per heavy atom. The molecule has 1 aromatic heterocycles. The van der Waals surface area contributed by atoms with E-state index in [1.165, 1.54) is 18.4 Å². The van der Waals surface area contributed by atoms with E-state index < -0.39 is 0 Å². The summed E-state index contributed by atoms with van der Waals surface area (Å²) in [6, 6.07) is 4.22. The third-order valence-electron chi connectivity index (χ3n) is 4.39. The molecule has 0 bridgehead atoms. The summed E-state index contributed by atoms with van der Waals surface area (Å²) in [4.78, 5) is 6.55. The Hall–Kier alpha value is -0.930. The Balaban J connectivity index is 2.47. The van der Waals surface area contributed by atoms with E-state index in [0.29, 0.717) is 5.41 Å². The Kier molecular flexibility index (Phi) is 7.78. The monoisotopic (exact) mass is 277 g/mol. The maximum Gasteiger partial charge on any atom is 0.0270 e. The summed E-state index contributed by atoms with van der Waals surface area (Å²) in [5, 5.41) is 3.54. The Labute approximate surface area is 124 Å². The van der Waals surface area contributed by atoms with Crippen molar-refractivity contribution in [3.63, 3.8) is 0 Å². The van der Waals surface area contributed by atoms with Crippen LogP contribution in [0.15, 0.2) is 24.5 Å². The van der Waals surface area contributed by atoms with Gasteiger partial charge >= 0.3 is 0 Å². The molecule has 0 radical (unpaired) electrons. The Bertz CT molecular complexity index is 347. The van der Waals surface area contributed by atoms with Crippen molar-refractivity contribution < 1.29 is 0 Å². The van der Waals surface area contributed by atoms with Crippen molar-refractivity contribution in [3.8, 4) is 0 Å². The number of nitrogens with zero attached hydrogens (tertiary/aromatic N) is 2. The minimum atomic E-state index is 0.406. The normalized spacial score (nSPS) is 12.1. The summed E-state index contributed by atoms with van der Waals surface area (Å²) in [5.74, 6) is 0. The molecule has 1 rings (SSSR count). The van der Waals surface area contributed by atoms with Crippen LogP contribution in [0.4, 0.5) is 0 Å². The van der Waals surface area contributed by atoms with Crippen LogP contribution in [0.5, 0.6) is 0 Å². The lowest BCUT2D eigenvalue weighted by Gasteiger charge is -2.36. The predicted molar refractivity (Wildman–Crippen MR) is 87.0 cm³/mol.